The summed E-state index contributed by atoms with van der Waals surface area (Å²) in [7, 11) is 1.41. The topological polar surface area (TPSA) is 70.1 Å². The highest BCUT2D eigenvalue weighted by Gasteiger charge is 2.31. The van der Waals surface area contributed by atoms with Crippen LogP contribution in [0, 0.1) is 5.92 Å². The Bertz CT molecular complexity index is 353. The van der Waals surface area contributed by atoms with Gasteiger partial charge in [0.25, 0.3) is 0 Å². The zero-order valence-electron chi connectivity index (χ0n) is 12.1. The Balaban J connectivity index is 1.78. The van der Waals surface area contributed by atoms with Crippen LogP contribution in [0.3, 0.4) is 0 Å². The highest BCUT2D eigenvalue weighted by Crippen LogP contribution is 2.20. The fourth-order valence-electron chi connectivity index (χ4n) is 3.12. The molecule has 0 radical (unpaired) electrons. The van der Waals surface area contributed by atoms with E-state index in [9.17, 15) is 14.7 Å². The van der Waals surface area contributed by atoms with Gasteiger partial charge in [-0.25, -0.2) is 0 Å². The number of nitrogens with zero attached hydrogens (tertiary/aromatic N) is 2. The minimum Gasteiger partial charge on any atom is -0.469 e. The van der Waals surface area contributed by atoms with Crippen molar-refractivity contribution in [2.45, 2.75) is 31.7 Å². The van der Waals surface area contributed by atoms with Gasteiger partial charge in [0, 0.05) is 19.1 Å². The highest BCUT2D eigenvalue weighted by molar-refractivity contribution is 5.79. The minimum atomic E-state index is -0.169. The van der Waals surface area contributed by atoms with E-state index in [2.05, 4.69) is 4.90 Å². The van der Waals surface area contributed by atoms with Gasteiger partial charge in [-0.3, -0.25) is 14.5 Å². The number of rotatable bonds is 4. The van der Waals surface area contributed by atoms with E-state index in [0.29, 0.717) is 32.5 Å². The summed E-state index contributed by atoms with van der Waals surface area (Å²) < 4.78 is 4.74. The lowest BCUT2D eigenvalue weighted by atomic mass is 9.97. The van der Waals surface area contributed by atoms with Gasteiger partial charge >= 0.3 is 5.97 Å². The third-order valence-electron chi connectivity index (χ3n) is 4.43. The number of esters is 1. The predicted octanol–water partition coefficient (Wildman–Crippen LogP) is -0.145. The number of likely N-dealkylation sites (tertiary alicyclic amines) is 2. The smallest absolute Gasteiger partial charge is 0.308 e. The number of methoxy groups -OCH3 is 1. The Labute approximate surface area is 119 Å². The van der Waals surface area contributed by atoms with Crippen molar-refractivity contribution < 1.29 is 19.4 Å². The minimum absolute atomic E-state index is 0.0685. The van der Waals surface area contributed by atoms with E-state index in [0.717, 1.165) is 19.4 Å². The van der Waals surface area contributed by atoms with Crippen LogP contribution < -0.4 is 0 Å². The second kappa shape index (κ2) is 7.04. The van der Waals surface area contributed by atoms with Crippen molar-refractivity contribution in [3.05, 3.63) is 0 Å². The Morgan fingerprint density at radius 3 is 2.50 bits per heavy atom. The summed E-state index contributed by atoms with van der Waals surface area (Å²) in [6.07, 6.45) is 3.38. The highest BCUT2D eigenvalue weighted by atomic mass is 16.5. The van der Waals surface area contributed by atoms with Crippen LogP contribution in [-0.4, -0.2) is 72.7 Å². The van der Waals surface area contributed by atoms with E-state index in [4.69, 9.17) is 4.74 Å². The van der Waals surface area contributed by atoms with Crippen molar-refractivity contribution in [2.24, 2.45) is 5.92 Å². The maximum absolute atomic E-state index is 12.2. The summed E-state index contributed by atoms with van der Waals surface area (Å²) in [5.74, 6) is -0.133. The predicted molar refractivity (Wildman–Crippen MR) is 73.0 cm³/mol. The van der Waals surface area contributed by atoms with Gasteiger partial charge in [-0.05, 0) is 32.2 Å². The lowest BCUT2D eigenvalue weighted by Crippen LogP contribution is -2.46. The first kappa shape index (κ1) is 15.3. The van der Waals surface area contributed by atoms with Gasteiger partial charge in [-0.1, -0.05) is 0 Å². The molecule has 1 atom stereocenters. The number of hydrogen-bond donors (Lipinski definition) is 1. The molecule has 1 N–H and O–H groups in total. The standard InChI is InChI=1S/C14H24N2O4/c1-20-14(19)11-4-7-15(8-5-11)13(18)9-16-6-2-3-12(16)10-17/h11-12,17H,2-10H2,1H3/t12-/m0/s1. The molecule has 0 aromatic heterocycles. The molecule has 0 unspecified atom stereocenters. The van der Waals surface area contributed by atoms with Crippen LogP contribution in [0.2, 0.25) is 0 Å². The Morgan fingerprint density at radius 1 is 1.20 bits per heavy atom. The van der Waals surface area contributed by atoms with Gasteiger partial charge in [-0.2, -0.15) is 0 Å². The number of carbonyl (C=O) groups is 2. The molecule has 0 saturated carbocycles. The van der Waals surface area contributed by atoms with Crippen LogP contribution in [0.5, 0.6) is 0 Å². The second-order valence-electron chi connectivity index (χ2n) is 5.63. The maximum Gasteiger partial charge on any atom is 0.308 e. The molecule has 0 aliphatic carbocycles. The van der Waals surface area contributed by atoms with Gasteiger partial charge in [-0.15, -0.1) is 0 Å². The zero-order valence-corrected chi connectivity index (χ0v) is 12.1. The molecule has 6 nitrogen and oxygen atoms in total. The van der Waals surface area contributed by atoms with E-state index >= 15 is 0 Å². The normalized spacial score (nSPS) is 24.9. The first-order chi connectivity index (χ1) is 9.65. The maximum atomic E-state index is 12.2. The molecule has 20 heavy (non-hydrogen) atoms. The van der Waals surface area contributed by atoms with Crippen LogP contribution >= 0.6 is 0 Å². The molecule has 114 valence electrons. The summed E-state index contributed by atoms with van der Waals surface area (Å²) in [6, 6.07) is 0.131. The summed E-state index contributed by atoms with van der Waals surface area (Å²) in [5.41, 5.74) is 0. The monoisotopic (exact) mass is 284 g/mol. The fourth-order valence-corrected chi connectivity index (χ4v) is 3.12. The number of amides is 1. The zero-order chi connectivity index (χ0) is 14.5. The summed E-state index contributed by atoms with van der Waals surface area (Å²) in [5, 5.41) is 9.26. The summed E-state index contributed by atoms with van der Waals surface area (Å²) in [6.45, 7) is 2.63. The molecular formula is C14H24N2O4. The molecule has 1 amide bonds. The quantitative estimate of drug-likeness (QED) is 0.727. The van der Waals surface area contributed by atoms with E-state index in [1.54, 1.807) is 0 Å². The number of aliphatic hydroxyl groups excluding tert-OH is 1. The van der Waals surface area contributed by atoms with Crippen LogP contribution in [0.15, 0.2) is 0 Å². The van der Waals surface area contributed by atoms with Crippen molar-refractivity contribution in [3.8, 4) is 0 Å². The molecule has 0 bridgehead atoms. The average Bonchev–Trinajstić information content (AvgIpc) is 2.93. The number of ether oxygens (including phenoxy) is 1. The van der Waals surface area contributed by atoms with Crippen molar-refractivity contribution in [2.75, 3.05) is 39.9 Å². The molecule has 6 heteroatoms. The molecule has 2 aliphatic rings. The van der Waals surface area contributed by atoms with Gasteiger partial charge in [0.1, 0.15) is 0 Å². The van der Waals surface area contributed by atoms with E-state index in [1.807, 2.05) is 4.90 Å². The molecule has 2 heterocycles. The Morgan fingerprint density at radius 2 is 1.90 bits per heavy atom. The van der Waals surface area contributed by atoms with Crippen molar-refractivity contribution in [3.63, 3.8) is 0 Å². The van der Waals surface area contributed by atoms with Crippen LogP contribution in [0.4, 0.5) is 0 Å². The number of hydrogen-bond acceptors (Lipinski definition) is 5. The molecule has 0 aromatic rings. The van der Waals surface area contributed by atoms with Crippen LogP contribution in [-0.2, 0) is 14.3 Å². The third kappa shape index (κ3) is 3.49. The molecule has 2 aliphatic heterocycles. The molecule has 2 saturated heterocycles. The summed E-state index contributed by atoms with van der Waals surface area (Å²) in [4.78, 5) is 27.6. The average molecular weight is 284 g/mol. The van der Waals surface area contributed by atoms with Crippen molar-refractivity contribution in [1.29, 1.82) is 0 Å². The number of aliphatic hydroxyl groups is 1. The molecule has 2 fully saturated rings. The van der Waals surface area contributed by atoms with Gasteiger partial charge in [0.15, 0.2) is 0 Å². The first-order valence-corrected chi connectivity index (χ1v) is 7.36. The Kier molecular flexibility index (Phi) is 5.37. The van der Waals surface area contributed by atoms with E-state index in [1.165, 1.54) is 7.11 Å². The fraction of sp³-hybridized carbons (Fsp3) is 0.857. The number of piperidine rings is 1. The van der Waals surface area contributed by atoms with Gasteiger partial charge < -0.3 is 14.7 Å². The molecule has 2 rings (SSSR count). The molecule has 0 aromatic carbocycles. The van der Waals surface area contributed by atoms with Crippen LogP contribution in [0.25, 0.3) is 0 Å². The third-order valence-corrected chi connectivity index (χ3v) is 4.43. The first-order valence-electron chi connectivity index (χ1n) is 7.36. The SMILES string of the molecule is COC(=O)C1CCN(C(=O)CN2CCC[C@H]2CO)CC1. The second-order valence-corrected chi connectivity index (χ2v) is 5.63. The van der Waals surface area contributed by atoms with Crippen molar-refractivity contribution >= 4 is 11.9 Å². The lowest BCUT2D eigenvalue weighted by molar-refractivity contribution is -0.149. The largest absolute Gasteiger partial charge is 0.469 e. The Hall–Kier alpha value is -1.14. The van der Waals surface area contributed by atoms with E-state index in [-0.39, 0.29) is 30.4 Å². The molecular weight excluding hydrogens is 260 g/mol. The van der Waals surface area contributed by atoms with E-state index < -0.39 is 0 Å². The summed E-state index contributed by atoms with van der Waals surface area (Å²) >= 11 is 0. The number of carbonyl (C=O) groups excluding carboxylic acids is 2. The van der Waals surface area contributed by atoms with Gasteiger partial charge in [0.2, 0.25) is 5.91 Å². The molecule has 0 spiro atoms. The van der Waals surface area contributed by atoms with Crippen LogP contribution in [0.1, 0.15) is 25.7 Å². The van der Waals surface area contributed by atoms with Gasteiger partial charge in [0.05, 0.1) is 26.2 Å². The lowest BCUT2D eigenvalue weighted by Gasteiger charge is -2.32. The van der Waals surface area contributed by atoms with Crippen molar-refractivity contribution in [1.82, 2.24) is 9.80 Å².